The monoisotopic (exact) mass is 382 g/mol. The van der Waals surface area contributed by atoms with Crippen LogP contribution in [0, 0.1) is 5.92 Å². The zero-order valence-corrected chi connectivity index (χ0v) is 16.8. The topological polar surface area (TPSA) is 57.1 Å². The van der Waals surface area contributed by atoms with Gasteiger partial charge in [-0.05, 0) is 38.7 Å². The highest BCUT2D eigenvalue weighted by Crippen LogP contribution is 2.33. The molecule has 2 atom stereocenters. The van der Waals surface area contributed by atoms with E-state index in [2.05, 4.69) is 25.2 Å². The first-order valence-electron chi connectivity index (χ1n) is 9.82. The molecule has 1 amide bonds. The number of amides is 1. The third-order valence-corrected chi connectivity index (χ3v) is 6.33. The van der Waals surface area contributed by atoms with Crippen LogP contribution in [0.25, 0.3) is 5.70 Å². The second kappa shape index (κ2) is 7.89. The SMILES string of the molecule is CCCCSC1=NN2C(=c3ccccc3=N[C@@H]2[C@@H]2CC=C(C)CC2)C(=O)N1. The first-order valence-corrected chi connectivity index (χ1v) is 10.8. The number of fused-ring (bicyclic) bond motifs is 2. The number of rotatable bonds is 4. The van der Waals surface area contributed by atoms with E-state index in [-0.39, 0.29) is 12.1 Å². The smallest absolute Gasteiger partial charge is 0.276 e. The maximum absolute atomic E-state index is 13.0. The van der Waals surface area contributed by atoms with E-state index in [4.69, 9.17) is 10.1 Å². The molecule has 1 aromatic rings. The van der Waals surface area contributed by atoms with Gasteiger partial charge in [-0.2, -0.15) is 0 Å². The molecule has 0 fully saturated rings. The van der Waals surface area contributed by atoms with Gasteiger partial charge in [0.15, 0.2) is 5.17 Å². The summed E-state index contributed by atoms with van der Waals surface area (Å²) in [5, 5.41) is 12.2. The molecular weight excluding hydrogens is 356 g/mol. The number of hydrogen-bond acceptors (Lipinski definition) is 5. The third kappa shape index (κ3) is 3.68. The summed E-state index contributed by atoms with van der Waals surface area (Å²) >= 11 is 1.62. The Bertz CT molecular complexity index is 920. The number of amidine groups is 1. The first kappa shape index (κ1) is 18.3. The highest BCUT2D eigenvalue weighted by atomic mass is 32.2. The standard InChI is InChI=1S/C21H26N4OS/c1-3-4-13-27-21-23-20(26)18-16-7-5-6-8-17(16)22-19(25(18)24-21)15-11-9-14(2)10-12-15/h5-9,15,19H,3-4,10-13H2,1-2H3,(H,23,24,26)/t15-,19+/m1/s1. The zero-order chi connectivity index (χ0) is 18.8. The van der Waals surface area contributed by atoms with Gasteiger partial charge in [0.2, 0.25) is 0 Å². The molecule has 3 aliphatic rings. The molecule has 0 aromatic heterocycles. The van der Waals surface area contributed by atoms with Crippen molar-refractivity contribution in [3.05, 3.63) is 46.5 Å². The molecule has 2 heterocycles. The van der Waals surface area contributed by atoms with Crippen molar-refractivity contribution in [1.29, 1.82) is 0 Å². The van der Waals surface area contributed by atoms with Crippen LogP contribution in [0.5, 0.6) is 0 Å². The molecule has 0 radical (unpaired) electrons. The molecule has 6 heteroatoms. The van der Waals surface area contributed by atoms with Gasteiger partial charge in [-0.15, -0.1) is 5.10 Å². The summed E-state index contributed by atoms with van der Waals surface area (Å²) in [6, 6.07) is 7.90. The third-order valence-electron chi connectivity index (χ3n) is 5.38. The lowest BCUT2D eigenvalue weighted by Crippen LogP contribution is -2.54. The van der Waals surface area contributed by atoms with Crippen LogP contribution in [0.2, 0.25) is 0 Å². The number of unbranched alkanes of at least 4 members (excludes halogenated alkanes) is 1. The maximum atomic E-state index is 13.0. The van der Waals surface area contributed by atoms with Crippen molar-refractivity contribution in [1.82, 2.24) is 10.3 Å². The Kier molecular flexibility index (Phi) is 5.34. The van der Waals surface area contributed by atoms with Crippen molar-refractivity contribution in [2.45, 2.75) is 52.1 Å². The molecule has 0 spiro atoms. The van der Waals surface area contributed by atoms with Gasteiger partial charge in [-0.1, -0.05) is 55.0 Å². The highest BCUT2D eigenvalue weighted by Gasteiger charge is 2.37. The number of thioether (sulfide) groups is 1. The minimum Gasteiger partial charge on any atom is -0.298 e. The van der Waals surface area contributed by atoms with Gasteiger partial charge in [-0.25, -0.2) is 5.01 Å². The quantitative estimate of drug-likeness (QED) is 0.643. The lowest BCUT2D eigenvalue weighted by atomic mass is 9.87. The molecule has 0 saturated carbocycles. The summed E-state index contributed by atoms with van der Waals surface area (Å²) in [6.07, 6.45) is 7.60. The van der Waals surface area contributed by atoms with Gasteiger partial charge in [0.25, 0.3) is 5.91 Å². The van der Waals surface area contributed by atoms with Gasteiger partial charge in [-0.3, -0.25) is 15.1 Å². The Hall–Kier alpha value is -2.08. The number of nitrogens with zero attached hydrogens (tertiary/aromatic N) is 3. The van der Waals surface area contributed by atoms with Crippen molar-refractivity contribution in [3.8, 4) is 0 Å². The number of hydrogen-bond donors (Lipinski definition) is 1. The predicted molar refractivity (Wildman–Crippen MR) is 110 cm³/mol. The Morgan fingerprint density at radius 1 is 1.33 bits per heavy atom. The molecule has 2 aliphatic heterocycles. The minimum atomic E-state index is -0.118. The molecule has 5 nitrogen and oxygen atoms in total. The van der Waals surface area contributed by atoms with Crippen LogP contribution in [-0.4, -0.2) is 28.0 Å². The predicted octanol–water partition coefficient (Wildman–Crippen LogP) is 2.74. The Morgan fingerprint density at radius 2 is 2.19 bits per heavy atom. The number of para-hydroxylation sites is 1. The lowest BCUT2D eigenvalue weighted by molar-refractivity contribution is -0.116. The minimum absolute atomic E-state index is 0.0705. The van der Waals surface area contributed by atoms with Gasteiger partial charge in [0.05, 0.1) is 5.36 Å². The van der Waals surface area contributed by atoms with Crippen molar-refractivity contribution in [2.75, 3.05) is 5.75 Å². The van der Waals surface area contributed by atoms with E-state index in [1.807, 2.05) is 29.3 Å². The number of benzene rings is 1. The van der Waals surface area contributed by atoms with Crippen LogP contribution >= 0.6 is 11.8 Å². The van der Waals surface area contributed by atoms with E-state index >= 15 is 0 Å². The molecule has 0 bridgehead atoms. The second-order valence-electron chi connectivity index (χ2n) is 7.40. The van der Waals surface area contributed by atoms with Gasteiger partial charge >= 0.3 is 0 Å². The Balaban J connectivity index is 1.75. The number of carbonyl (C=O) groups excluding carboxylic acids is 1. The molecule has 0 unspecified atom stereocenters. The van der Waals surface area contributed by atoms with Crippen molar-refractivity contribution in [3.63, 3.8) is 0 Å². The van der Waals surface area contributed by atoms with Crippen LogP contribution in [0.4, 0.5) is 0 Å². The second-order valence-corrected chi connectivity index (χ2v) is 8.48. The Labute approximate surface area is 164 Å². The molecule has 4 rings (SSSR count). The summed E-state index contributed by atoms with van der Waals surface area (Å²) in [4.78, 5) is 18.0. The number of carbonyl (C=O) groups is 1. The largest absolute Gasteiger partial charge is 0.298 e. The zero-order valence-electron chi connectivity index (χ0n) is 15.9. The lowest BCUT2D eigenvalue weighted by Gasteiger charge is -2.38. The van der Waals surface area contributed by atoms with Crippen LogP contribution < -0.4 is 15.9 Å². The van der Waals surface area contributed by atoms with E-state index in [1.54, 1.807) is 11.8 Å². The normalized spacial score (nSPS) is 24.3. The summed E-state index contributed by atoms with van der Waals surface area (Å²) in [5.41, 5.74) is 2.08. The van der Waals surface area contributed by atoms with Crippen molar-refractivity contribution < 1.29 is 4.79 Å². The van der Waals surface area contributed by atoms with Crippen molar-refractivity contribution >= 4 is 28.5 Å². The van der Waals surface area contributed by atoms with Gasteiger partial charge in [0.1, 0.15) is 11.9 Å². The molecule has 1 aromatic carbocycles. The maximum Gasteiger partial charge on any atom is 0.276 e. The highest BCUT2D eigenvalue weighted by molar-refractivity contribution is 8.13. The van der Waals surface area contributed by atoms with Gasteiger partial charge < -0.3 is 0 Å². The molecule has 1 N–H and O–H groups in total. The van der Waals surface area contributed by atoms with Crippen LogP contribution in [-0.2, 0) is 4.79 Å². The average Bonchev–Trinajstić information content (AvgIpc) is 2.68. The number of hydrazone groups is 1. The van der Waals surface area contributed by atoms with Crippen LogP contribution in [0.3, 0.4) is 0 Å². The van der Waals surface area contributed by atoms with E-state index in [1.165, 1.54) is 5.57 Å². The summed E-state index contributed by atoms with van der Waals surface area (Å²) in [7, 11) is 0. The van der Waals surface area contributed by atoms with Crippen LogP contribution in [0.1, 0.15) is 46.0 Å². The van der Waals surface area contributed by atoms with Gasteiger partial charge in [0, 0.05) is 16.9 Å². The summed E-state index contributed by atoms with van der Waals surface area (Å²) in [5.74, 6) is 1.26. The first-order chi connectivity index (χ1) is 13.2. The number of nitrogens with one attached hydrogen (secondary N) is 1. The van der Waals surface area contributed by atoms with E-state index in [9.17, 15) is 4.79 Å². The van der Waals surface area contributed by atoms with E-state index in [0.29, 0.717) is 16.8 Å². The fourth-order valence-electron chi connectivity index (χ4n) is 3.79. The fraction of sp³-hybridized carbons (Fsp3) is 0.476. The van der Waals surface area contributed by atoms with E-state index in [0.717, 1.165) is 48.4 Å². The Morgan fingerprint density at radius 3 is 2.96 bits per heavy atom. The average molecular weight is 383 g/mol. The molecule has 1 aliphatic carbocycles. The van der Waals surface area contributed by atoms with E-state index < -0.39 is 0 Å². The molecule has 27 heavy (non-hydrogen) atoms. The van der Waals surface area contributed by atoms with Crippen molar-refractivity contribution in [2.24, 2.45) is 16.0 Å². The summed E-state index contributed by atoms with van der Waals surface area (Å²) < 4.78 is 0. The fourth-order valence-corrected chi connectivity index (χ4v) is 4.73. The summed E-state index contributed by atoms with van der Waals surface area (Å²) in [6.45, 7) is 4.36. The number of allylic oxidation sites excluding steroid dienone is 2. The van der Waals surface area contributed by atoms with Crippen LogP contribution in [0.15, 0.2) is 46.0 Å². The molecule has 0 saturated heterocycles. The molecular formula is C21H26N4OS. The molecule has 142 valence electrons.